The van der Waals surface area contributed by atoms with Crippen LogP contribution in [-0.4, -0.2) is 35.2 Å². The van der Waals surface area contributed by atoms with Crippen molar-refractivity contribution in [1.29, 1.82) is 0 Å². The number of hydrogen-bond acceptors (Lipinski definition) is 4. The zero-order valence-electron chi connectivity index (χ0n) is 15.8. The number of carbonyl (C=O) groups is 3. The van der Waals surface area contributed by atoms with Crippen LogP contribution >= 0.6 is 27.5 Å². The van der Waals surface area contributed by atoms with Gasteiger partial charge in [0.25, 0.3) is 0 Å². The van der Waals surface area contributed by atoms with Gasteiger partial charge in [0.05, 0.1) is 17.5 Å². The van der Waals surface area contributed by atoms with E-state index in [1.54, 1.807) is 24.3 Å². The zero-order valence-corrected chi connectivity index (χ0v) is 18.1. The third kappa shape index (κ3) is 2.10. The van der Waals surface area contributed by atoms with Crippen molar-refractivity contribution in [2.75, 3.05) is 16.8 Å². The van der Waals surface area contributed by atoms with Crippen LogP contribution in [0, 0.1) is 11.8 Å². The second kappa shape index (κ2) is 6.15. The Morgan fingerprint density at radius 1 is 1.10 bits per heavy atom. The van der Waals surface area contributed by atoms with Gasteiger partial charge >= 0.3 is 0 Å². The molecule has 2 aromatic carbocycles. The molecule has 152 valence electrons. The van der Waals surface area contributed by atoms with Crippen LogP contribution in [0.25, 0.3) is 0 Å². The van der Waals surface area contributed by atoms with Crippen molar-refractivity contribution in [2.24, 2.45) is 11.8 Å². The van der Waals surface area contributed by atoms with Gasteiger partial charge in [-0.25, -0.2) is 4.90 Å². The number of hydrogen-bond donors (Lipinski definition) is 1. The van der Waals surface area contributed by atoms with E-state index in [4.69, 9.17) is 11.6 Å². The first-order chi connectivity index (χ1) is 14.4. The van der Waals surface area contributed by atoms with Crippen LogP contribution in [-0.2, 0) is 19.9 Å². The highest BCUT2D eigenvalue weighted by Crippen LogP contribution is 2.60. The molecule has 3 saturated heterocycles. The van der Waals surface area contributed by atoms with Gasteiger partial charge in [0.1, 0.15) is 5.54 Å². The molecule has 0 aromatic heterocycles. The molecule has 30 heavy (non-hydrogen) atoms. The fourth-order valence-corrected chi connectivity index (χ4v) is 6.59. The molecule has 0 unspecified atom stereocenters. The quantitative estimate of drug-likeness (QED) is 0.626. The number of imide groups is 1. The minimum atomic E-state index is -1.16. The molecule has 0 aliphatic carbocycles. The lowest BCUT2D eigenvalue weighted by atomic mass is 9.75. The summed E-state index contributed by atoms with van der Waals surface area (Å²) in [6.45, 7) is 0.689. The highest BCUT2D eigenvalue weighted by atomic mass is 79.9. The molecule has 4 aliphatic heterocycles. The molecule has 0 radical (unpaired) electrons. The summed E-state index contributed by atoms with van der Waals surface area (Å²) in [4.78, 5) is 44.2. The molecular formula is C22H17BrClN3O3. The van der Waals surface area contributed by atoms with Crippen molar-refractivity contribution in [2.45, 2.75) is 24.4 Å². The van der Waals surface area contributed by atoms with Gasteiger partial charge in [0, 0.05) is 26.8 Å². The van der Waals surface area contributed by atoms with Gasteiger partial charge in [-0.15, -0.1) is 0 Å². The number of nitrogens with one attached hydrogen (secondary N) is 1. The Labute approximate surface area is 186 Å². The first-order valence-electron chi connectivity index (χ1n) is 9.96. The number of amides is 3. The normalized spacial score (nSPS) is 32.0. The lowest BCUT2D eigenvalue weighted by Gasteiger charge is -2.36. The van der Waals surface area contributed by atoms with Crippen LogP contribution in [0.4, 0.5) is 11.4 Å². The Bertz CT molecular complexity index is 1150. The average Bonchev–Trinajstić information content (AvgIpc) is 3.40. The molecule has 3 fully saturated rings. The molecule has 2 aromatic rings. The Kier molecular flexibility index (Phi) is 3.80. The molecule has 6 rings (SSSR count). The minimum absolute atomic E-state index is 0.133. The van der Waals surface area contributed by atoms with E-state index in [0.29, 0.717) is 22.9 Å². The number of fused-ring (bicyclic) bond motifs is 7. The topological polar surface area (TPSA) is 69.7 Å². The lowest BCUT2D eigenvalue weighted by molar-refractivity contribution is -0.135. The monoisotopic (exact) mass is 485 g/mol. The highest BCUT2D eigenvalue weighted by Gasteiger charge is 2.74. The van der Waals surface area contributed by atoms with Crippen LogP contribution in [0.2, 0.25) is 5.02 Å². The molecule has 4 atom stereocenters. The Hall–Kier alpha value is -2.22. The number of anilines is 2. The Balaban J connectivity index is 1.57. The minimum Gasteiger partial charge on any atom is -0.324 e. The van der Waals surface area contributed by atoms with Crippen LogP contribution < -0.4 is 10.2 Å². The average molecular weight is 487 g/mol. The van der Waals surface area contributed by atoms with Gasteiger partial charge in [-0.05, 0) is 55.8 Å². The van der Waals surface area contributed by atoms with Gasteiger partial charge < -0.3 is 5.32 Å². The van der Waals surface area contributed by atoms with Crippen molar-refractivity contribution < 1.29 is 14.4 Å². The summed E-state index contributed by atoms with van der Waals surface area (Å²) in [7, 11) is 0. The van der Waals surface area contributed by atoms with Gasteiger partial charge in [-0.3, -0.25) is 19.3 Å². The van der Waals surface area contributed by atoms with Crippen LogP contribution in [0.15, 0.2) is 46.9 Å². The van der Waals surface area contributed by atoms with E-state index in [9.17, 15) is 14.4 Å². The van der Waals surface area contributed by atoms with Gasteiger partial charge in [0.2, 0.25) is 17.7 Å². The Morgan fingerprint density at radius 3 is 2.73 bits per heavy atom. The van der Waals surface area contributed by atoms with Gasteiger partial charge in [-0.1, -0.05) is 33.6 Å². The summed E-state index contributed by atoms with van der Waals surface area (Å²) in [5, 5.41) is 3.43. The summed E-state index contributed by atoms with van der Waals surface area (Å²) in [5.41, 5.74) is 0.774. The number of halogens is 2. The molecule has 8 heteroatoms. The predicted molar refractivity (Wildman–Crippen MR) is 115 cm³/mol. The third-order valence-corrected chi connectivity index (χ3v) is 7.75. The lowest BCUT2D eigenvalue weighted by Crippen LogP contribution is -2.54. The van der Waals surface area contributed by atoms with Gasteiger partial charge in [0.15, 0.2) is 0 Å². The smallest absolute Gasteiger partial charge is 0.250 e. The number of carbonyl (C=O) groups excluding carboxylic acids is 3. The Morgan fingerprint density at radius 2 is 1.93 bits per heavy atom. The van der Waals surface area contributed by atoms with E-state index < -0.39 is 17.4 Å². The summed E-state index contributed by atoms with van der Waals surface area (Å²) in [5.74, 6) is -2.09. The largest absolute Gasteiger partial charge is 0.324 e. The predicted octanol–water partition coefficient (Wildman–Crippen LogP) is 3.53. The van der Waals surface area contributed by atoms with Gasteiger partial charge in [-0.2, -0.15) is 0 Å². The second-order valence-corrected chi connectivity index (χ2v) is 9.66. The maximum atomic E-state index is 13.8. The van der Waals surface area contributed by atoms with Crippen LogP contribution in [0.5, 0.6) is 0 Å². The summed E-state index contributed by atoms with van der Waals surface area (Å²) in [6.07, 6.45) is 1.69. The number of nitrogens with zero attached hydrogens (tertiary/aromatic N) is 2. The first kappa shape index (κ1) is 18.5. The standard InChI is InChI=1S/C22H17BrClN3O3/c23-11-6-7-15-14(9-11)22(21(30)25-15)18-17(16-5-2-8-26(16)22)19(28)27(20(18)29)13-4-1-3-12(24)10-13/h1,3-4,6-7,9-10,16-18H,2,5,8H2,(H,25,30)/t16-,17+,18-,22+/m0/s1. The SMILES string of the molecule is O=C1[C@H]2[C@@H](C(=O)N1c1cccc(Cl)c1)[C@]1(C(=O)Nc3ccc(Br)cc31)N1CCC[C@@H]21. The number of rotatable bonds is 1. The molecule has 1 N–H and O–H groups in total. The highest BCUT2D eigenvalue weighted by molar-refractivity contribution is 9.10. The first-order valence-corrected chi connectivity index (χ1v) is 11.1. The molecule has 4 aliphatic rings. The maximum Gasteiger partial charge on any atom is 0.250 e. The van der Waals surface area contributed by atoms with Crippen molar-refractivity contribution >= 4 is 56.6 Å². The summed E-state index contributed by atoms with van der Waals surface area (Å²) < 4.78 is 0.833. The van der Waals surface area contributed by atoms with Crippen LogP contribution in [0.3, 0.4) is 0 Å². The summed E-state index contributed by atoms with van der Waals surface area (Å²) in [6, 6.07) is 12.2. The van der Waals surface area contributed by atoms with E-state index in [1.165, 1.54) is 4.90 Å². The molecule has 6 nitrogen and oxygen atoms in total. The molecule has 4 heterocycles. The van der Waals surface area contributed by atoms with E-state index in [0.717, 1.165) is 22.9 Å². The van der Waals surface area contributed by atoms with Crippen molar-refractivity contribution in [3.05, 3.63) is 57.5 Å². The third-order valence-electron chi connectivity index (χ3n) is 7.02. The van der Waals surface area contributed by atoms with Crippen molar-refractivity contribution in [3.63, 3.8) is 0 Å². The molecule has 3 amide bonds. The van der Waals surface area contributed by atoms with Crippen LogP contribution in [0.1, 0.15) is 18.4 Å². The molecule has 0 saturated carbocycles. The zero-order chi connectivity index (χ0) is 20.8. The fraction of sp³-hybridized carbons (Fsp3) is 0.318. The van der Waals surface area contributed by atoms with Crippen molar-refractivity contribution in [3.8, 4) is 0 Å². The van der Waals surface area contributed by atoms with E-state index in [1.807, 2.05) is 18.2 Å². The van der Waals surface area contributed by atoms with E-state index in [2.05, 4.69) is 26.1 Å². The van der Waals surface area contributed by atoms with Crippen molar-refractivity contribution in [1.82, 2.24) is 4.90 Å². The number of benzene rings is 2. The molecular weight excluding hydrogens is 470 g/mol. The summed E-state index contributed by atoms with van der Waals surface area (Å²) >= 11 is 9.64. The maximum absolute atomic E-state index is 13.8. The van der Waals surface area contributed by atoms with E-state index in [-0.39, 0.29) is 23.8 Å². The molecule has 1 spiro atoms. The van der Waals surface area contributed by atoms with E-state index >= 15 is 0 Å². The fourth-order valence-electron chi connectivity index (χ4n) is 6.04. The molecule has 0 bridgehead atoms. The second-order valence-electron chi connectivity index (χ2n) is 8.31.